The highest BCUT2D eigenvalue weighted by atomic mass is 16.5. The molecule has 4 aromatic rings. The van der Waals surface area contributed by atoms with Gasteiger partial charge in [-0.25, -0.2) is 9.97 Å². The van der Waals surface area contributed by atoms with E-state index in [1.54, 1.807) is 0 Å². The predicted octanol–water partition coefficient (Wildman–Crippen LogP) is 3.18. The van der Waals surface area contributed by atoms with E-state index in [1.165, 1.54) is 17.6 Å². The molecule has 0 aliphatic heterocycles. The fourth-order valence-electron chi connectivity index (χ4n) is 4.09. The number of aromatic nitrogens is 5. The number of carbonyl (C=O) groups is 1. The number of anilines is 2. The Morgan fingerprint density at radius 3 is 2.77 bits per heavy atom. The predicted molar refractivity (Wildman–Crippen MR) is 116 cm³/mol. The van der Waals surface area contributed by atoms with Crippen molar-refractivity contribution in [1.82, 2.24) is 24.7 Å². The van der Waals surface area contributed by atoms with Crippen LogP contribution in [0.5, 0.6) is 0 Å². The number of rotatable bonds is 5. The molecule has 0 unspecified atom stereocenters. The Morgan fingerprint density at radius 2 is 2.03 bits per heavy atom. The van der Waals surface area contributed by atoms with Gasteiger partial charge in [0.1, 0.15) is 18.3 Å². The molecule has 0 saturated carbocycles. The van der Waals surface area contributed by atoms with E-state index in [-0.39, 0.29) is 18.2 Å². The zero-order chi connectivity index (χ0) is 21.5. The van der Waals surface area contributed by atoms with Crippen molar-refractivity contribution < 1.29 is 9.32 Å². The van der Waals surface area contributed by atoms with E-state index in [0.717, 1.165) is 36.0 Å². The lowest BCUT2D eigenvalue weighted by atomic mass is 10.2. The highest BCUT2D eigenvalue weighted by molar-refractivity contribution is 5.93. The summed E-state index contributed by atoms with van der Waals surface area (Å²) < 4.78 is 7.29. The number of nitrogens with zero attached hydrogens (tertiary/aromatic N) is 5. The second kappa shape index (κ2) is 7.50. The first kappa shape index (κ1) is 19.2. The highest BCUT2D eigenvalue weighted by Crippen LogP contribution is 2.36. The lowest BCUT2D eigenvalue weighted by molar-refractivity contribution is -0.115. The van der Waals surface area contributed by atoms with Gasteiger partial charge in [0.25, 0.3) is 0 Å². The van der Waals surface area contributed by atoms with Crippen molar-refractivity contribution in [3.63, 3.8) is 0 Å². The molecule has 1 aliphatic carbocycles. The highest BCUT2D eigenvalue weighted by Gasteiger charge is 2.25. The molecule has 3 aromatic heterocycles. The van der Waals surface area contributed by atoms with E-state index in [0.29, 0.717) is 23.2 Å². The van der Waals surface area contributed by atoms with E-state index in [1.807, 2.05) is 38.1 Å². The van der Waals surface area contributed by atoms with Crippen molar-refractivity contribution in [3.8, 4) is 5.69 Å². The van der Waals surface area contributed by atoms with Gasteiger partial charge >= 0.3 is 0 Å². The third-order valence-corrected chi connectivity index (χ3v) is 5.54. The van der Waals surface area contributed by atoms with E-state index in [2.05, 4.69) is 30.0 Å². The number of amides is 1. The largest absolute Gasteiger partial charge is 0.382 e. The molecule has 0 radical (unpaired) electrons. The molecule has 0 spiro atoms. The first-order valence-electron chi connectivity index (χ1n) is 10.4. The third kappa shape index (κ3) is 3.41. The number of hydrogen-bond donors (Lipinski definition) is 2. The van der Waals surface area contributed by atoms with Crippen LogP contribution in [0.2, 0.25) is 0 Å². The Kier molecular flexibility index (Phi) is 4.65. The van der Waals surface area contributed by atoms with Crippen LogP contribution in [0.1, 0.15) is 49.2 Å². The molecule has 0 saturated heterocycles. The summed E-state index contributed by atoms with van der Waals surface area (Å²) in [6.45, 7) is 3.94. The molecular weight excluding hydrogens is 394 g/mol. The number of hydrogen-bond acceptors (Lipinski definition) is 7. The number of nitrogens with two attached hydrogens (primary N) is 1. The minimum absolute atomic E-state index is 0.0328. The van der Waals surface area contributed by atoms with Gasteiger partial charge in [-0.15, -0.1) is 0 Å². The van der Waals surface area contributed by atoms with E-state index in [4.69, 9.17) is 10.3 Å². The summed E-state index contributed by atoms with van der Waals surface area (Å²) in [6.07, 6.45) is 4.63. The second-order valence-corrected chi connectivity index (χ2v) is 8.04. The summed E-state index contributed by atoms with van der Waals surface area (Å²) in [5, 5.41) is 6.76. The van der Waals surface area contributed by atoms with Gasteiger partial charge in [0.15, 0.2) is 11.6 Å². The first-order chi connectivity index (χ1) is 15.0. The van der Waals surface area contributed by atoms with Gasteiger partial charge in [-0.3, -0.25) is 4.79 Å². The zero-order valence-electron chi connectivity index (χ0n) is 17.4. The summed E-state index contributed by atoms with van der Waals surface area (Å²) in [4.78, 5) is 25.3. The lowest BCUT2D eigenvalue weighted by Gasteiger charge is -2.11. The summed E-state index contributed by atoms with van der Waals surface area (Å²) in [5.41, 5.74) is 12.1. The quantitative estimate of drug-likeness (QED) is 0.511. The molecule has 5 rings (SSSR count). The maximum Gasteiger partial charge on any atom is 0.236 e. The first-order valence-corrected chi connectivity index (χ1v) is 10.4. The van der Waals surface area contributed by atoms with Gasteiger partial charge in [0, 0.05) is 23.0 Å². The van der Waals surface area contributed by atoms with Crippen LogP contribution >= 0.6 is 0 Å². The summed E-state index contributed by atoms with van der Waals surface area (Å²) >= 11 is 0. The molecule has 1 aromatic carbocycles. The van der Waals surface area contributed by atoms with Crippen LogP contribution in [-0.4, -0.2) is 30.6 Å². The van der Waals surface area contributed by atoms with Crippen LogP contribution in [0.15, 0.2) is 35.1 Å². The molecule has 0 atom stereocenters. The van der Waals surface area contributed by atoms with Crippen LogP contribution in [-0.2, 0) is 24.1 Å². The van der Waals surface area contributed by atoms with E-state index < -0.39 is 0 Å². The average Bonchev–Trinajstić information content (AvgIpc) is 3.45. The second-order valence-electron chi connectivity index (χ2n) is 8.04. The molecule has 1 aliphatic rings. The van der Waals surface area contributed by atoms with Gasteiger partial charge in [0.05, 0.1) is 5.52 Å². The van der Waals surface area contributed by atoms with Gasteiger partial charge in [-0.2, -0.15) is 4.98 Å². The third-order valence-electron chi connectivity index (χ3n) is 5.54. The van der Waals surface area contributed by atoms with Crippen molar-refractivity contribution in [3.05, 3.63) is 53.6 Å². The summed E-state index contributed by atoms with van der Waals surface area (Å²) in [6, 6.07) is 7.66. The smallest absolute Gasteiger partial charge is 0.236 e. The number of fused-ring (bicyclic) bond motifs is 3. The molecule has 31 heavy (non-hydrogen) atoms. The maximum atomic E-state index is 12.4. The van der Waals surface area contributed by atoms with Gasteiger partial charge < -0.3 is 20.1 Å². The van der Waals surface area contributed by atoms with Crippen molar-refractivity contribution in [2.24, 2.45) is 0 Å². The zero-order valence-corrected chi connectivity index (χ0v) is 17.4. The molecule has 9 nitrogen and oxygen atoms in total. The molecule has 9 heteroatoms. The van der Waals surface area contributed by atoms with Crippen molar-refractivity contribution >= 4 is 28.4 Å². The minimum atomic E-state index is -0.211. The SMILES string of the molecule is CC(C)c1noc(CC(=O)Nc2ccc(-n3c4c(c5ncnc(N)c53)CCC4)cc2)n1. The Labute approximate surface area is 178 Å². The number of benzene rings is 1. The maximum absolute atomic E-state index is 12.4. The molecule has 3 N–H and O–H groups in total. The topological polar surface area (TPSA) is 125 Å². The van der Waals surface area contributed by atoms with Crippen molar-refractivity contribution in [1.29, 1.82) is 0 Å². The Bertz CT molecular complexity index is 1270. The number of nitrogens with one attached hydrogen (secondary N) is 1. The number of carbonyl (C=O) groups excluding carboxylic acids is 1. The average molecular weight is 417 g/mol. The fourth-order valence-corrected chi connectivity index (χ4v) is 4.09. The molecule has 3 heterocycles. The lowest BCUT2D eigenvalue weighted by Crippen LogP contribution is -2.14. The van der Waals surface area contributed by atoms with Gasteiger partial charge in [-0.05, 0) is 49.1 Å². The van der Waals surface area contributed by atoms with Crippen LogP contribution in [0.25, 0.3) is 16.7 Å². The normalized spacial score (nSPS) is 13.1. The fraction of sp³-hybridized carbons (Fsp3) is 0.318. The summed E-state index contributed by atoms with van der Waals surface area (Å²) in [7, 11) is 0. The molecule has 0 fully saturated rings. The Morgan fingerprint density at radius 1 is 1.23 bits per heavy atom. The van der Waals surface area contributed by atoms with E-state index in [9.17, 15) is 4.79 Å². The Balaban J connectivity index is 1.38. The summed E-state index contributed by atoms with van der Waals surface area (Å²) in [5.74, 6) is 1.32. The van der Waals surface area contributed by atoms with Crippen molar-refractivity contribution in [2.75, 3.05) is 11.1 Å². The Hall–Kier alpha value is -3.75. The van der Waals surface area contributed by atoms with Crippen LogP contribution in [0, 0.1) is 0 Å². The molecule has 0 bridgehead atoms. The monoisotopic (exact) mass is 417 g/mol. The van der Waals surface area contributed by atoms with E-state index >= 15 is 0 Å². The molecule has 1 amide bonds. The number of aryl methyl sites for hydroxylation is 1. The molecule has 158 valence electrons. The van der Waals surface area contributed by atoms with Gasteiger partial charge in [0.2, 0.25) is 11.8 Å². The standard InChI is InChI=1S/C22H23N7O2/c1-12(2)22-27-18(31-28-22)10-17(30)26-13-6-8-14(9-7-13)29-16-5-3-4-15(16)19-20(29)21(23)25-11-24-19/h6-9,11-12H,3-5,10H2,1-2H3,(H,26,30)(H2,23,24,25). The molecular formula is C22H23N7O2. The number of nitrogen functional groups attached to an aromatic ring is 1. The van der Waals surface area contributed by atoms with Crippen LogP contribution in [0.4, 0.5) is 11.5 Å². The van der Waals surface area contributed by atoms with Crippen molar-refractivity contribution in [2.45, 2.75) is 45.4 Å². The van der Waals surface area contributed by atoms with Gasteiger partial charge in [-0.1, -0.05) is 19.0 Å². The van der Waals surface area contributed by atoms with Crippen LogP contribution < -0.4 is 11.1 Å². The van der Waals surface area contributed by atoms with Crippen LogP contribution in [0.3, 0.4) is 0 Å². The minimum Gasteiger partial charge on any atom is -0.382 e.